The molecule has 0 heterocycles. The van der Waals surface area contributed by atoms with Crippen molar-refractivity contribution in [2.75, 3.05) is 12.4 Å². The van der Waals surface area contributed by atoms with E-state index in [0.29, 0.717) is 0 Å². The number of ether oxygens (including phenoxy) is 1. The SMILES string of the molecule is COC(N)=O.ClCCl. The summed E-state index contributed by atoms with van der Waals surface area (Å²) >= 11 is 9.53. The van der Waals surface area contributed by atoms with Gasteiger partial charge in [-0.1, -0.05) is 0 Å². The lowest BCUT2D eigenvalue weighted by molar-refractivity contribution is 0.182. The standard InChI is InChI=1S/C2H5NO2.CH2Cl2/c1-5-2(3)4;2-1-3/h1H3,(H2,3,4);1H2. The molecule has 0 aromatic rings. The Morgan fingerprint density at radius 2 is 1.88 bits per heavy atom. The maximum absolute atomic E-state index is 9.37. The van der Waals surface area contributed by atoms with Gasteiger partial charge in [-0.2, -0.15) is 0 Å². The summed E-state index contributed by atoms with van der Waals surface area (Å²) in [6, 6.07) is 0. The van der Waals surface area contributed by atoms with Gasteiger partial charge in [-0.25, -0.2) is 4.79 Å². The van der Waals surface area contributed by atoms with Crippen molar-refractivity contribution in [2.24, 2.45) is 5.73 Å². The van der Waals surface area contributed by atoms with Crippen LogP contribution in [-0.4, -0.2) is 18.5 Å². The van der Waals surface area contributed by atoms with E-state index >= 15 is 0 Å². The molecular weight excluding hydrogens is 153 g/mol. The molecule has 50 valence electrons. The van der Waals surface area contributed by atoms with E-state index in [2.05, 4.69) is 10.5 Å². The second-order valence-corrected chi connectivity index (χ2v) is 1.43. The van der Waals surface area contributed by atoms with E-state index in [4.69, 9.17) is 23.2 Å². The minimum Gasteiger partial charge on any atom is -0.453 e. The monoisotopic (exact) mass is 159 g/mol. The maximum Gasteiger partial charge on any atom is 0.404 e. The fraction of sp³-hybridized carbons (Fsp3) is 0.667. The van der Waals surface area contributed by atoms with E-state index in [9.17, 15) is 4.79 Å². The third-order valence-electron chi connectivity index (χ3n) is 0.201. The molecule has 0 aliphatic rings. The van der Waals surface area contributed by atoms with Gasteiger partial charge in [-0.05, 0) is 0 Å². The second-order valence-electron chi connectivity index (χ2n) is 0.624. The molecule has 5 heteroatoms. The number of methoxy groups -OCH3 is 1. The van der Waals surface area contributed by atoms with Crippen LogP contribution in [-0.2, 0) is 4.74 Å². The number of nitrogens with two attached hydrogens (primary N) is 1. The lowest BCUT2D eigenvalue weighted by Gasteiger charge is -1.81. The molecule has 1 amide bonds. The third kappa shape index (κ3) is 40.2. The molecule has 0 aromatic heterocycles. The highest BCUT2D eigenvalue weighted by atomic mass is 35.5. The summed E-state index contributed by atoms with van der Waals surface area (Å²) in [6.07, 6.45) is -0.745. The number of carbonyl (C=O) groups is 1. The van der Waals surface area contributed by atoms with Crippen molar-refractivity contribution in [3.05, 3.63) is 0 Å². The molecule has 0 spiro atoms. The minimum atomic E-state index is -0.745. The Morgan fingerprint density at radius 1 is 1.75 bits per heavy atom. The summed E-state index contributed by atoms with van der Waals surface area (Å²) in [6.45, 7) is 0. The first-order chi connectivity index (χ1) is 3.68. The fourth-order valence-electron chi connectivity index (χ4n) is 0. The molecule has 0 aliphatic carbocycles. The van der Waals surface area contributed by atoms with Crippen LogP contribution in [0.4, 0.5) is 4.79 Å². The number of hydrogen-bond donors (Lipinski definition) is 1. The average Bonchev–Trinajstić information content (AvgIpc) is 1.69. The Bertz CT molecular complexity index is 59.2. The number of halogens is 2. The Kier molecular flexibility index (Phi) is 13.4. The molecule has 0 rings (SSSR count). The van der Waals surface area contributed by atoms with Gasteiger partial charge < -0.3 is 10.5 Å². The van der Waals surface area contributed by atoms with E-state index in [1.165, 1.54) is 7.11 Å². The molecular formula is C3H7Cl2NO2. The van der Waals surface area contributed by atoms with E-state index in [-0.39, 0.29) is 5.34 Å². The predicted octanol–water partition coefficient (Wildman–Crippen LogP) is 1.13. The van der Waals surface area contributed by atoms with Gasteiger partial charge in [0.05, 0.1) is 12.4 Å². The molecule has 8 heavy (non-hydrogen) atoms. The van der Waals surface area contributed by atoms with Crippen LogP contribution in [0.1, 0.15) is 0 Å². The van der Waals surface area contributed by atoms with Crippen molar-refractivity contribution in [3.8, 4) is 0 Å². The zero-order valence-electron chi connectivity index (χ0n) is 4.36. The van der Waals surface area contributed by atoms with Gasteiger partial charge in [0.15, 0.2) is 0 Å². The van der Waals surface area contributed by atoms with Crippen molar-refractivity contribution in [3.63, 3.8) is 0 Å². The van der Waals surface area contributed by atoms with Gasteiger partial charge in [0.25, 0.3) is 0 Å². The molecule has 3 nitrogen and oxygen atoms in total. The van der Waals surface area contributed by atoms with Crippen LogP contribution >= 0.6 is 23.2 Å². The Labute approximate surface area is 57.7 Å². The summed E-state index contributed by atoms with van der Waals surface area (Å²) in [5.74, 6) is 0. The van der Waals surface area contributed by atoms with Crippen molar-refractivity contribution in [2.45, 2.75) is 0 Å². The number of primary amides is 1. The first kappa shape index (κ1) is 10.8. The second kappa shape index (κ2) is 9.97. The highest BCUT2D eigenvalue weighted by Gasteiger charge is 1.76. The van der Waals surface area contributed by atoms with Gasteiger partial charge in [0.1, 0.15) is 0 Å². The summed E-state index contributed by atoms with van der Waals surface area (Å²) in [5, 5.41) is 0.194. The minimum absolute atomic E-state index is 0.194. The van der Waals surface area contributed by atoms with Crippen LogP contribution in [0.2, 0.25) is 0 Å². The number of alkyl halides is 2. The largest absolute Gasteiger partial charge is 0.453 e. The van der Waals surface area contributed by atoms with Crippen LogP contribution in [0, 0.1) is 0 Å². The van der Waals surface area contributed by atoms with Crippen LogP contribution < -0.4 is 5.73 Å². The molecule has 0 unspecified atom stereocenters. The van der Waals surface area contributed by atoms with Crippen LogP contribution in [0.5, 0.6) is 0 Å². The third-order valence-corrected chi connectivity index (χ3v) is 0.201. The molecule has 0 saturated carbocycles. The van der Waals surface area contributed by atoms with E-state index < -0.39 is 6.09 Å². The molecule has 0 atom stereocenters. The Morgan fingerprint density at radius 3 is 1.88 bits per heavy atom. The summed E-state index contributed by atoms with van der Waals surface area (Å²) in [7, 11) is 1.22. The molecule has 0 bridgehead atoms. The fourth-order valence-corrected chi connectivity index (χ4v) is 0. The zero-order valence-corrected chi connectivity index (χ0v) is 5.87. The van der Waals surface area contributed by atoms with E-state index in [1.54, 1.807) is 0 Å². The van der Waals surface area contributed by atoms with Crippen LogP contribution in [0.3, 0.4) is 0 Å². The highest BCUT2D eigenvalue weighted by Crippen LogP contribution is 1.73. The van der Waals surface area contributed by atoms with Gasteiger partial charge in [0, 0.05) is 0 Å². The van der Waals surface area contributed by atoms with Crippen LogP contribution in [0.25, 0.3) is 0 Å². The zero-order chi connectivity index (χ0) is 6.99. The van der Waals surface area contributed by atoms with Crippen molar-refractivity contribution >= 4 is 29.3 Å². The van der Waals surface area contributed by atoms with E-state index in [1.807, 2.05) is 0 Å². The lowest BCUT2D eigenvalue weighted by atomic mass is 11.3. The van der Waals surface area contributed by atoms with Gasteiger partial charge in [0.2, 0.25) is 0 Å². The van der Waals surface area contributed by atoms with E-state index in [0.717, 1.165) is 0 Å². The highest BCUT2D eigenvalue weighted by molar-refractivity contribution is 6.40. The van der Waals surface area contributed by atoms with Crippen molar-refractivity contribution < 1.29 is 9.53 Å². The summed E-state index contributed by atoms with van der Waals surface area (Å²) in [5.41, 5.74) is 4.43. The van der Waals surface area contributed by atoms with Gasteiger partial charge in [-0.15, -0.1) is 23.2 Å². The number of amides is 1. The Hall–Kier alpha value is -0.150. The summed E-state index contributed by atoms with van der Waals surface area (Å²) in [4.78, 5) is 9.37. The normalized spacial score (nSPS) is 6.38. The number of carbonyl (C=O) groups excluding carboxylic acids is 1. The molecule has 2 N–H and O–H groups in total. The van der Waals surface area contributed by atoms with Crippen LogP contribution in [0.15, 0.2) is 0 Å². The molecule has 0 fully saturated rings. The Balaban J connectivity index is 0. The quantitative estimate of drug-likeness (QED) is 0.540. The average molecular weight is 160 g/mol. The smallest absolute Gasteiger partial charge is 0.404 e. The molecule has 0 radical (unpaired) electrons. The van der Waals surface area contributed by atoms with Crippen molar-refractivity contribution in [1.29, 1.82) is 0 Å². The lowest BCUT2D eigenvalue weighted by Crippen LogP contribution is -2.08. The first-order valence-electron chi connectivity index (χ1n) is 1.64. The number of rotatable bonds is 0. The summed E-state index contributed by atoms with van der Waals surface area (Å²) < 4.78 is 3.89. The van der Waals surface area contributed by atoms with Gasteiger partial charge >= 0.3 is 6.09 Å². The van der Waals surface area contributed by atoms with Crippen molar-refractivity contribution in [1.82, 2.24) is 0 Å². The molecule has 0 aromatic carbocycles. The maximum atomic E-state index is 9.37. The topological polar surface area (TPSA) is 52.3 Å². The first-order valence-corrected chi connectivity index (χ1v) is 2.71. The van der Waals surface area contributed by atoms with Gasteiger partial charge in [-0.3, -0.25) is 0 Å². The molecule has 0 saturated heterocycles. The predicted molar refractivity (Wildman–Crippen MR) is 33.2 cm³/mol. The number of hydrogen-bond acceptors (Lipinski definition) is 2. The molecule has 0 aliphatic heterocycles.